The van der Waals surface area contributed by atoms with Crippen LogP contribution in [0.1, 0.15) is 43.4 Å². The van der Waals surface area contributed by atoms with Crippen molar-refractivity contribution in [1.29, 1.82) is 0 Å². The van der Waals surface area contributed by atoms with Crippen LogP contribution in [0.15, 0.2) is 12.4 Å². The highest BCUT2D eigenvalue weighted by Crippen LogP contribution is 2.29. The summed E-state index contributed by atoms with van der Waals surface area (Å²) in [6.45, 7) is 3.38. The summed E-state index contributed by atoms with van der Waals surface area (Å²) in [6.07, 6.45) is 10.0. The largest absolute Gasteiger partial charge is 0.353 e. The van der Waals surface area contributed by atoms with Gasteiger partial charge < -0.3 is 9.88 Å². The number of nitrogens with zero attached hydrogens (tertiary/aromatic N) is 1. The summed E-state index contributed by atoms with van der Waals surface area (Å²) in [7, 11) is 2.09. The number of hydrogen-bond donors (Lipinski definition) is 1. The molecular weight excluding hydrogens is 228 g/mol. The van der Waals surface area contributed by atoms with Gasteiger partial charge in [0.1, 0.15) is 0 Å². The summed E-state index contributed by atoms with van der Waals surface area (Å²) >= 11 is 2.02. The van der Waals surface area contributed by atoms with Crippen molar-refractivity contribution in [2.75, 3.05) is 18.6 Å². The second-order valence-electron chi connectivity index (χ2n) is 4.76. The monoisotopic (exact) mass is 252 g/mol. The molecule has 0 fully saturated rings. The summed E-state index contributed by atoms with van der Waals surface area (Å²) in [4.78, 5) is 0. The van der Waals surface area contributed by atoms with Gasteiger partial charge >= 0.3 is 0 Å². The topological polar surface area (TPSA) is 17.0 Å². The third-order valence-electron chi connectivity index (χ3n) is 3.61. The van der Waals surface area contributed by atoms with E-state index >= 15 is 0 Å². The zero-order valence-electron chi connectivity index (χ0n) is 11.0. The molecule has 0 amide bonds. The predicted octanol–water partition coefficient (Wildman–Crippen LogP) is 3.23. The fourth-order valence-electron chi connectivity index (χ4n) is 2.66. The van der Waals surface area contributed by atoms with Crippen LogP contribution >= 0.6 is 11.8 Å². The lowest BCUT2D eigenvalue weighted by Crippen LogP contribution is -2.15. The Morgan fingerprint density at radius 3 is 3.06 bits per heavy atom. The van der Waals surface area contributed by atoms with E-state index in [1.807, 2.05) is 11.8 Å². The summed E-state index contributed by atoms with van der Waals surface area (Å²) in [5.41, 5.74) is 3.12. The lowest BCUT2D eigenvalue weighted by molar-refractivity contribution is 0.530. The van der Waals surface area contributed by atoms with Crippen LogP contribution in [0.4, 0.5) is 0 Å². The molecule has 1 aliphatic rings. The van der Waals surface area contributed by atoms with Gasteiger partial charge in [0.2, 0.25) is 0 Å². The first kappa shape index (κ1) is 13.0. The van der Waals surface area contributed by atoms with Crippen molar-refractivity contribution < 1.29 is 0 Å². The number of hydrogen-bond acceptors (Lipinski definition) is 2. The van der Waals surface area contributed by atoms with Gasteiger partial charge in [0.25, 0.3) is 0 Å². The van der Waals surface area contributed by atoms with E-state index in [0.29, 0.717) is 6.04 Å². The second kappa shape index (κ2) is 6.50. The van der Waals surface area contributed by atoms with Gasteiger partial charge in [-0.25, -0.2) is 0 Å². The van der Waals surface area contributed by atoms with E-state index in [-0.39, 0.29) is 0 Å². The first-order valence-corrected chi connectivity index (χ1v) is 7.94. The minimum atomic E-state index is 0.576. The van der Waals surface area contributed by atoms with Crippen molar-refractivity contribution >= 4 is 11.8 Å². The van der Waals surface area contributed by atoms with Crippen molar-refractivity contribution in [3.8, 4) is 0 Å². The van der Waals surface area contributed by atoms with E-state index in [1.54, 1.807) is 11.1 Å². The average molecular weight is 252 g/mol. The van der Waals surface area contributed by atoms with Gasteiger partial charge in [-0.3, -0.25) is 0 Å². The Morgan fingerprint density at radius 2 is 2.29 bits per heavy atom. The zero-order valence-corrected chi connectivity index (χ0v) is 11.9. The van der Waals surface area contributed by atoms with Crippen LogP contribution in [0.3, 0.4) is 0 Å². The van der Waals surface area contributed by atoms with E-state index in [2.05, 4.69) is 36.2 Å². The van der Waals surface area contributed by atoms with Crippen LogP contribution in [0, 0.1) is 0 Å². The molecule has 0 saturated heterocycles. The Hall–Kier alpha value is -0.410. The predicted molar refractivity (Wildman–Crippen MR) is 76.8 cm³/mol. The maximum Gasteiger partial charge on any atom is 0.0335 e. The molecule has 1 atom stereocenters. The standard InChI is InChI=1S/C14H24N2S/c1-3-17-9-8-16-10-12-6-4-5-7-14(15-2)13(12)11-16/h10-11,14-15H,3-9H2,1-2H3. The molecule has 0 aliphatic heterocycles. The summed E-state index contributed by atoms with van der Waals surface area (Å²) < 4.78 is 2.39. The Kier molecular flexibility index (Phi) is 4.99. The highest BCUT2D eigenvalue weighted by Gasteiger charge is 2.18. The smallest absolute Gasteiger partial charge is 0.0335 e. The highest BCUT2D eigenvalue weighted by atomic mass is 32.2. The highest BCUT2D eigenvalue weighted by molar-refractivity contribution is 7.99. The third kappa shape index (κ3) is 3.29. The summed E-state index contributed by atoms with van der Waals surface area (Å²) in [5, 5.41) is 3.46. The molecule has 1 unspecified atom stereocenters. The molecule has 0 radical (unpaired) electrons. The molecule has 0 bridgehead atoms. The van der Waals surface area contributed by atoms with Gasteiger partial charge in [-0.2, -0.15) is 11.8 Å². The van der Waals surface area contributed by atoms with Gasteiger partial charge in [-0.1, -0.05) is 13.3 Å². The molecule has 1 aromatic heterocycles. The van der Waals surface area contributed by atoms with E-state index in [1.165, 1.54) is 37.2 Å². The van der Waals surface area contributed by atoms with Gasteiger partial charge in [0.05, 0.1) is 0 Å². The van der Waals surface area contributed by atoms with E-state index < -0.39 is 0 Å². The lowest BCUT2D eigenvalue weighted by Gasteiger charge is -2.13. The van der Waals surface area contributed by atoms with Crippen molar-refractivity contribution in [2.24, 2.45) is 0 Å². The summed E-state index contributed by atoms with van der Waals surface area (Å²) in [5.74, 6) is 2.45. The maximum atomic E-state index is 3.46. The minimum Gasteiger partial charge on any atom is -0.353 e. The van der Waals surface area contributed by atoms with Crippen LogP contribution < -0.4 is 5.32 Å². The van der Waals surface area contributed by atoms with Gasteiger partial charge in [0, 0.05) is 30.7 Å². The van der Waals surface area contributed by atoms with Crippen LogP contribution in [-0.4, -0.2) is 23.1 Å². The normalized spacial score (nSPS) is 20.0. The number of aryl methyl sites for hydroxylation is 2. The number of nitrogens with one attached hydrogen (secondary N) is 1. The Labute approximate surface area is 109 Å². The quantitative estimate of drug-likeness (QED) is 0.640. The number of aromatic nitrogens is 1. The first-order valence-electron chi connectivity index (χ1n) is 6.78. The Bertz CT molecular complexity index is 346. The van der Waals surface area contributed by atoms with Crippen LogP contribution in [0.25, 0.3) is 0 Å². The number of thioether (sulfide) groups is 1. The molecule has 2 nitrogen and oxygen atoms in total. The minimum absolute atomic E-state index is 0.576. The van der Waals surface area contributed by atoms with Gasteiger partial charge in [-0.15, -0.1) is 0 Å². The first-order chi connectivity index (χ1) is 8.35. The molecule has 96 valence electrons. The Morgan fingerprint density at radius 1 is 1.41 bits per heavy atom. The molecule has 1 aliphatic carbocycles. The van der Waals surface area contributed by atoms with E-state index in [4.69, 9.17) is 0 Å². The van der Waals surface area contributed by atoms with Crippen molar-refractivity contribution in [2.45, 2.75) is 45.2 Å². The molecule has 3 heteroatoms. The molecule has 0 spiro atoms. The molecule has 1 N–H and O–H groups in total. The fraction of sp³-hybridized carbons (Fsp3) is 0.714. The summed E-state index contributed by atoms with van der Waals surface area (Å²) in [6, 6.07) is 0.576. The lowest BCUT2D eigenvalue weighted by atomic mass is 10.1. The van der Waals surface area contributed by atoms with Crippen LogP contribution in [-0.2, 0) is 13.0 Å². The molecule has 2 rings (SSSR count). The SMILES string of the molecule is CCSCCn1cc2c(c1)C(NC)CCCC2. The second-order valence-corrected chi connectivity index (χ2v) is 6.15. The number of fused-ring (bicyclic) bond motifs is 1. The van der Waals surface area contributed by atoms with E-state index in [0.717, 1.165) is 6.54 Å². The molecule has 0 saturated carbocycles. The van der Waals surface area contributed by atoms with Gasteiger partial charge in [0.15, 0.2) is 0 Å². The maximum absolute atomic E-state index is 3.46. The van der Waals surface area contributed by atoms with Crippen molar-refractivity contribution in [1.82, 2.24) is 9.88 Å². The number of rotatable bonds is 5. The van der Waals surface area contributed by atoms with Crippen LogP contribution in [0.5, 0.6) is 0 Å². The van der Waals surface area contributed by atoms with Crippen molar-refractivity contribution in [3.05, 3.63) is 23.5 Å². The fourth-order valence-corrected chi connectivity index (χ4v) is 3.29. The molecule has 1 heterocycles. The van der Waals surface area contributed by atoms with Gasteiger partial charge in [-0.05, 0) is 43.2 Å². The molecule has 1 aromatic rings. The van der Waals surface area contributed by atoms with E-state index in [9.17, 15) is 0 Å². The average Bonchev–Trinajstić information content (AvgIpc) is 2.64. The zero-order chi connectivity index (χ0) is 12.1. The molecular formula is C14H24N2S. The third-order valence-corrected chi connectivity index (χ3v) is 4.49. The Balaban J connectivity index is 2.07. The van der Waals surface area contributed by atoms with Crippen molar-refractivity contribution in [3.63, 3.8) is 0 Å². The van der Waals surface area contributed by atoms with Crippen LogP contribution in [0.2, 0.25) is 0 Å². The molecule has 17 heavy (non-hydrogen) atoms. The molecule has 0 aromatic carbocycles.